The molecule has 3 rings (SSSR count). The molecule has 0 saturated heterocycles. The minimum absolute atomic E-state index is 0.633. The van der Waals surface area contributed by atoms with Gasteiger partial charge in [0, 0.05) is 28.9 Å². The van der Waals surface area contributed by atoms with Crippen LogP contribution in [0.15, 0.2) is 42.7 Å². The average Bonchev–Trinajstić information content (AvgIpc) is 2.81. The van der Waals surface area contributed by atoms with Crippen molar-refractivity contribution in [3.05, 3.63) is 60.8 Å². The number of nitrogens with one attached hydrogen (secondary N) is 1. The van der Waals surface area contributed by atoms with Crippen molar-refractivity contribution in [3.63, 3.8) is 0 Å². The first-order valence-corrected chi connectivity index (χ1v) is 5.62. The number of pyridine rings is 1. The predicted octanol–water partition coefficient (Wildman–Crippen LogP) is 3.22. The standard InChI is InChI=1S/C15H11N2O/c1-10-2-4-11(5-3-10)12-6-14-13(9-18)8-17-15(14)16-7-12/h2-9H,1H2,(H,16,17). The summed E-state index contributed by atoms with van der Waals surface area (Å²) in [4.78, 5) is 18.2. The van der Waals surface area contributed by atoms with E-state index in [4.69, 9.17) is 0 Å². The summed E-state index contributed by atoms with van der Waals surface area (Å²) < 4.78 is 0. The monoisotopic (exact) mass is 235 g/mol. The molecule has 0 aliphatic rings. The van der Waals surface area contributed by atoms with E-state index in [0.29, 0.717) is 5.56 Å². The Kier molecular flexibility index (Phi) is 2.45. The van der Waals surface area contributed by atoms with Gasteiger partial charge < -0.3 is 4.98 Å². The first kappa shape index (κ1) is 10.7. The molecule has 0 amide bonds. The molecule has 87 valence electrons. The highest BCUT2D eigenvalue weighted by Gasteiger charge is 2.06. The van der Waals surface area contributed by atoms with Gasteiger partial charge in [0.15, 0.2) is 6.29 Å². The molecule has 0 unspecified atom stereocenters. The second-order valence-corrected chi connectivity index (χ2v) is 4.18. The quantitative estimate of drug-likeness (QED) is 0.693. The van der Waals surface area contributed by atoms with Crippen molar-refractivity contribution >= 4 is 17.3 Å². The SMILES string of the molecule is [CH2]c1ccc(-c2cnc3[nH]cc(C=O)c3c2)cc1. The van der Waals surface area contributed by atoms with Crippen molar-refractivity contribution in [2.24, 2.45) is 0 Å². The fourth-order valence-corrected chi connectivity index (χ4v) is 1.98. The third-order valence-corrected chi connectivity index (χ3v) is 2.98. The molecule has 1 N–H and O–H groups in total. The zero-order chi connectivity index (χ0) is 12.5. The number of benzene rings is 1. The number of nitrogens with zero attached hydrogens (tertiary/aromatic N) is 1. The van der Waals surface area contributed by atoms with Crippen LogP contribution in [0.1, 0.15) is 15.9 Å². The minimum Gasteiger partial charge on any atom is -0.345 e. The van der Waals surface area contributed by atoms with Crippen molar-refractivity contribution in [2.75, 3.05) is 0 Å². The second-order valence-electron chi connectivity index (χ2n) is 4.18. The number of hydrogen-bond donors (Lipinski definition) is 1. The zero-order valence-corrected chi connectivity index (χ0v) is 9.68. The van der Waals surface area contributed by atoms with E-state index in [1.165, 1.54) is 0 Å². The highest BCUT2D eigenvalue weighted by Crippen LogP contribution is 2.24. The van der Waals surface area contributed by atoms with Crippen LogP contribution in [0, 0.1) is 6.92 Å². The van der Waals surface area contributed by atoms with Gasteiger partial charge in [0.2, 0.25) is 0 Å². The summed E-state index contributed by atoms with van der Waals surface area (Å²) in [5.41, 5.74) is 4.39. The summed E-state index contributed by atoms with van der Waals surface area (Å²) in [6, 6.07) is 9.88. The summed E-state index contributed by atoms with van der Waals surface area (Å²) >= 11 is 0. The molecule has 0 aliphatic carbocycles. The minimum atomic E-state index is 0.633. The largest absolute Gasteiger partial charge is 0.345 e. The predicted molar refractivity (Wildman–Crippen MR) is 71.4 cm³/mol. The Labute approximate surface area is 104 Å². The van der Waals surface area contributed by atoms with Gasteiger partial charge in [-0.25, -0.2) is 4.98 Å². The second kappa shape index (κ2) is 4.11. The number of carbonyl (C=O) groups excluding carboxylic acids is 1. The van der Waals surface area contributed by atoms with Gasteiger partial charge in [-0.15, -0.1) is 0 Å². The highest BCUT2D eigenvalue weighted by molar-refractivity contribution is 5.97. The number of aldehydes is 1. The molecule has 2 heterocycles. The Bertz CT molecular complexity index is 711. The Balaban J connectivity index is 2.17. The van der Waals surface area contributed by atoms with Crippen LogP contribution in [0.5, 0.6) is 0 Å². The maximum atomic E-state index is 10.9. The normalized spacial score (nSPS) is 10.7. The van der Waals surface area contributed by atoms with Crippen molar-refractivity contribution in [1.29, 1.82) is 0 Å². The Morgan fingerprint density at radius 3 is 2.67 bits per heavy atom. The molecule has 0 atom stereocenters. The third-order valence-electron chi connectivity index (χ3n) is 2.98. The number of aromatic nitrogens is 2. The van der Waals surface area contributed by atoms with E-state index in [1.807, 2.05) is 30.3 Å². The van der Waals surface area contributed by atoms with Crippen LogP contribution in [0.25, 0.3) is 22.2 Å². The van der Waals surface area contributed by atoms with E-state index in [1.54, 1.807) is 12.4 Å². The average molecular weight is 235 g/mol. The van der Waals surface area contributed by atoms with Crippen LogP contribution in [0.2, 0.25) is 0 Å². The molecular weight excluding hydrogens is 224 g/mol. The van der Waals surface area contributed by atoms with Gasteiger partial charge in [0.1, 0.15) is 5.65 Å². The molecule has 2 aromatic heterocycles. The van der Waals surface area contributed by atoms with E-state index < -0.39 is 0 Å². The summed E-state index contributed by atoms with van der Waals surface area (Å²) in [5.74, 6) is 0. The molecule has 1 aromatic carbocycles. The molecule has 1 radical (unpaired) electrons. The Morgan fingerprint density at radius 2 is 1.94 bits per heavy atom. The summed E-state index contributed by atoms with van der Waals surface area (Å²) in [7, 11) is 0. The van der Waals surface area contributed by atoms with Crippen LogP contribution in [-0.2, 0) is 0 Å². The number of H-pyrrole nitrogens is 1. The maximum Gasteiger partial charge on any atom is 0.152 e. The molecule has 0 saturated carbocycles. The van der Waals surface area contributed by atoms with E-state index in [2.05, 4.69) is 16.9 Å². The van der Waals surface area contributed by atoms with Gasteiger partial charge in [0.25, 0.3) is 0 Å². The van der Waals surface area contributed by atoms with Crippen molar-refractivity contribution < 1.29 is 4.79 Å². The van der Waals surface area contributed by atoms with Crippen molar-refractivity contribution in [3.8, 4) is 11.1 Å². The molecule has 0 fully saturated rings. The Hall–Kier alpha value is -2.42. The Morgan fingerprint density at radius 1 is 1.17 bits per heavy atom. The molecule has 0 aliphatic heterocycles. The molecule has 3 heteroatoms. The van der Waals surface area contributed by atoms with Gasteiger partial charge in [0.05, 0.1) is 0 Å². The molecule has 3 aromatic rings. The van der Waals surface area contributed by atoms with Gasteiger partial charge in [-0.1, -0.05) is 24.3 Å². The molecule has 3 nitrogen and oxygen atoms in total. The molecule has 0 bridgehead atoms. The fourth-order valence-electron chi connectivity index (χ4n) is 1.98. The first-order valence-electron chi connectivity index (χ1n) is 5.62. The van der Waals surface area contributed by atoms with Crippen LogP contribution >= 0.6 is 0 Å². The zero-order valence-electron chi connectivity index (χ0n) is 9.68. The summed E-state index contributed by atoms with van der Waals surface area (Å²) in [6.45, 7) is 3.86. The van der Waals surface area contributed by atoms with Crippen molar-refractivity contribution in [2.45, 2.75) is 0 Å². The molecular formula is C15H11N2O. The number of carbonyl (C=O) groups is 1. The molecule has 18 heavy (non-hydrogen) atoms. The van der Waals surface area contributed by atoms with Crippen LogP contribution in [0.3, 0.4) is 0 Å². The van der Waals surface area contributed by atoms with E-state index in [-0.39, 0.29) is 0 Å². The van der Waals surface area contributed by atoms with Gasteiger partial charge in [-0.05, 0) is 24.1 Å². The topological polar surface area (TPSA) is 45.8 Å². The lowest BCUT2D eigenvalue weighted by atomic mass is 10.0. The lowest BCUT2D eigenvalue weighted by Gasteiger charge is -2.02. The maximum absolute atomic E-state index is 10.9. The summed E-state index contributed by atoms with van der Waals surface area (Å²) in [5, 5.41) is 0.848. The van der Waals surface area contributed by atoms with Crippen LogP contribution < -0.4 is 0 Å². The van der Waals surface area contributed by atoms with Gasteiger partial charge in [-0.3, -0.25) is 4.79 Å². The number of aromatic amines is 1. The smallest absolute Gasteiger partial charge is 0.152 e. The first-order chi connectivity index (χ1) is 8.78. The van der Waals surface area contributed by atoms with Crippen LogP contribution in [-0.4, -0.2) is 16.3 Å². The molecule has 0 spiro atoms. The van der Waals surface area contributed by atoms with Crippen molar-refractivity contribution in [1.82, 2.24) is 9.97 Å². The third kappa shape index (κ3) is 1.70. The van der Waals surface area contributed by atoms with Crippen LogP contribution in [0.4, 0.5) is 0 Å². The van der Waals surface area contributed by atoms with Gasteiger partial charge in [-0.2, -0.15) is 0 Å². The van der Waals surface area contributed by atoms with E-state index in [0.717, 1.165) is 34.0 Å². The van der Waals surface area contributed by atoms with Gasteiger partial charge >= 0.3 is 0 Å². The number of fused-ring (bicyclic) bond motifs is 1. The number of rotatable bonds is 2. The summed E-state index contributed by atoms with van der Waals surface area (Å²) in [6.07, 6.45) is 4.31. The lowest BCUT2D eigenvalue weighted by Crippen LogP contribution is -1.83. The number of hydrogen-bond acceptors (Lipinski definition) is 2. The lowest BCUT2D eigenvalue weighted by molar-refractivity contribution is 0.112. The van der Waals surface area contributed by atoms with E-state index in [9.17, 15) is 4.79 Å². The fraction of sp³-hybridized carbons (Fsp3) is 0. The van der Waals surface area contributed by atoms with E-state index >= 15 is 0 Å². The highest BCUT2D eigenvalue weighted by atomic mass is 16.1.